The van der Waals surface area contributed by atoms with E-state index in [9.17, 15) is 17.2 Å². The van der Waals surface area contributed by atoms with Crippen molar-refractivity contribution in [2.45, 2.75) is 24.2 Å². The topological polar surface area (TPSA) is 101 Å². The van der Waals surface area contributed by atoms with Gasteiger partial charge in [-0.15, -0.1) is 11.3 Å². The van der Waals surface area contributed by atoms with Gasteiger partial charge >= 0.3 is 0 Å². The van der Waals surface area contributed by atoms with Crippen molar-refractivity contribution < 1.29 is 27.0 Å². The van der Waals surface area contributed by atoms with Crippen LogP contribution < -0.4 is 14.8 Å². The molecule has 7 nitrogen and oxygen atoms in total. The third-order valence-corrected chi connectivity index (χ3v) is 6.69. The number of hydrogen-bond acceptors (Lipinski definition) is 7. The zero-order chi connectivity index (χ0) is 23.8. The van der Waals surface area contributed by atoms with Crippen molar-refractivity contribution in [1.82, 2.24) is 10.3 Å². The van der Waals surface area contributed by atoms with E-state index in [1.54, 1.807) is 18.2 Å². The second-order valence-electron chi connectivity index (χ2n) is 6.98. The molecule has 2 aromatic carbocycles. The molecule has 0 spiro atoms. The molecule has 0 amide bonds. The lowest BCUT2D eigenvalue weighted by Crippen LogP contribution is -2.18. The fourth-order valence-electron chi connectivity index (χ4n) is 2.94. The maximum absolute atomic E-state index is 14.7. The van der Waals surface area contributed by atoms with Gasteiger partial charge in [-0.05, 0) is 56.1 Å². The first-order valence-electron chi connectivity index (χ1n) is 9.98. The summed E-state index contributed by atoms with van der Waals surface area (Å²) in [4.78, 5) is 2.92. The number of rotatable bonds is 12. The molecule has 0 unspecified atom stereocenters. The SMILES string of the molecule is O=S(=O)(Nc1cscn1)c1cc(F)c(Oc2ccc(Cl)cc2CCCNCCCO)cc1F. The third kappa shape index (κ3) is 7.08. The molecule has 1 aromatic heterocycles. The minimum atomic E-state index is -4.38. The van der Waals surface area contributed by atoms with E-state index in [1.165, 1.54) is 10.9 Å². The summed E-state index contributed by atoms with van der Waals surface area (Å²) in [5, 5.41) is 13.9. The maximum atomic E-state index is 14.7. The van der Waals surface area contributed by atoms with Crippen LogP contribution in [-0.2, 0) is 16.4 Å². The lowest BCUT2D eigenvalue weighted by Gasteiger charge is -2.14. The molecule has 0 radical (unpaired) electrons. The largest absolute Gasteiger partial charge is 0.454 e. The smallest absolute Gasteiger partial charge is 0.266 e. The van der Waals surface area contributed by atoms with Crippen LogP contribution in [0.4, 0.5) is 14.6 Å². The minimum absolute atomic E-state index is 0.0109. The lowest BCUT2D eigenvalue weighted by molar-refractivity contribution is 0.286. The Morgan fingerprint density at radius 3 is 2.61 bits per heavy atom. The highest BCUT2D eigenvalue weighted by Gasteiger charge is 2.24. The molecule has 33 heavy (non-hydrogen) atoms. The molecule has 0 aliphatic heterocycles. The first-order valence-corrected chi connectivity index (χ1v) is 12.8. The maximum Gasteiger partial charge on any atom is 0.266 e. The van der Waals surface area contributed by atoms with E-state index in [1.807, 2.05) is 0 Å². The molecule has 0 fully saturated rings. The summed E-state index contributed by atoms with van der Waals surface area (Å²) >= 11 is 7.23. The number of benzene rings is 2. The van der Waals surface area contributed by atoms with Crippen molar-refractivity contribution in [3.05, 3.63) is 63.4 Å². The van der Waals surface area contributed by atoms with Gasteiger partial charge in [-0.25, -0.2) is 22.2 Å². The van der Waals surface area contributed by atoms with Crippen molar-refractivity contribution in [2.75, 3.05) is 24.4 Å². The van der Waals surface area contributed by atoms with Gasteiger partial charge in [0.25, 0.3) is 10.0 Å². The summed E-state index contributed by atoms with van der Waals surface area (Å²) < 4.78 is 61.9. The standard InChI is InChI=1S/C21H22ClF2N3O4S2/c22-15-4-5-18(14(9-15)3-1-6-25-7-2-8-28)31-19-10-17(24)20(11-16(19)23)33(29,30)27-21-12-32-13-26-21/h4-5,9-13,25,27-28H,1-3,6-8H2. The van der Waals surface area contributed by atoms with Crippen LogP contribution in [0.3, 0.4) is 0 Å². The van der Waals surface area contributed by atoms with Crippen molar-refractivity contribution >= 4 is 38.8 Å². The van der Waals surface area contributed by atoms with Gasteiger partial charge in [-0.1, -0.05) is 11.6 Å². The molecule has 0 aliphatic carbocycles. The monoisotopic (exact) mass is 517 g/mol. The zero-order valence-corrected chi connectivity index (χ0v) is 19.7. The molecule has 1 heterocycles. The number of aryl methyl sites for hydroxylation is 1. The van der Waals surface area contributed by atoms with Gasteiger partial charge in [-0.2, -0.15) is 0 Å². The fraction of sp³-hybridized carbons (Fsp3) is 0.286. The van der Waals surface area contributed by atoms with Gasteiger partial charge in [0, 0.05) is 29.1 Å². The number of anilines is 1. The molecule has 3 rings (SSSR count). The van der Waals surface area contributed by atoms with Crippen LogP contribution in [0.25, 0.3) is 0 Å². The summed E-state index contributed by atoms with van der Waals surface area (Å²) in [5.74, 6) is -2.37. The van der Waals surface area contributed by atoms with Crippen LogP contribution >= 0.6 is 22.9 Å². The van der Waals surface area contributed by atoms with Gasteiger partial charge in [-0.3, -0.25) is 4.72 Å². The Bertz CT molecular complexity index is 1180. The molecule has 3 aromatic rings. The quantitative estimate of drug-likeness (QED) is 0.304. The number of sulfonamides is 1. The lowest BCUT2D eigenvalue weighted by atomic mass is 10.1. The first kappa shape index (κ1) is 25.3. The summed E-state index contributed by atoms with van der Waals surface area (Å²) in [6.07, 6.45) is 1.93. The molecule has 12 heteroatoms. The average molecular weight is 518 g/mol. The zero-order valence-electron chi connectivity index (χ0n) is 17.4. The number of thiazole rings is 1. The number of aliphatic hydroxyl groups excluding tert-OH is 1. The number of nitrogens with zero attached hydrogens (tertiary/aromatic N) is 1. The Labute approximate surface area is 199 Å². The van der Waals surface area contributed by atoms with E-state index < -0.39 is 32.3 Å². The highest BCUT2D eigenvalue weighted by Crippen LogP contribution is 2.33. The molecule has 3 N–H and O–H groups in total. The Balaban J connectivity index is 1.76. The predicted octanol–water partition coefficient (Wildman–Crippen LogP) is 4.57. The highest BCUT2D eigenvalue weighted by molar-refractivity contribution is 7.92. The van der Waals surface area contributed by atoms with Crippen molar-refractivity contribution in [2.24, 2.45) is 0 Å². The van der Waals surface area contributed by atoms with Gasteiger partial charge in [0.1, 0.15) is 16.5 Å². The van der Waals surface area contributed by atoms with Crippen LogP contribution in [0.5, 0.6) is 11.5 Å². The second kappa shape index (κ2) is 11.7. The number of aromatic nitrogens is 1. The average Bonchev–Trinajstić information content (AvgIpc) is 3.26. The number of nitrogens with one attached hydrogen (secondary N) is 2. The van der Waals surface area contributed by atoms with Crippen molar-refractivity contribution in [3.8, 4) is 11.5 Å². The normalized spacial score (nSPS) is 11.5. The first-order chi connectivity index (χ1) is 15.8. The van der Waals surface area contributed by atoms with E-state index in [0.717, 1.165) is 17.8 Å². The van der Waals surface area contributed by atoms with Crippen molar-refractivity contribution in [3.63, 3.8) is 0 Å². The van der Waals surface area contributed by atoms with E-state index >= 15 is 0 Å². The van der Waals surface area contributed by atoms with Gasteiger partial charge < -0.3 is 15.2 Å². The molecule has 0 saturated carbocycles. The summed E-state index contributed by atoms with van der Waals surface area (Å²) in [6.45, 7) is 1.49. The van der Waals surface area contributed by atoms with E-state index in [0.29, 0.717) is 48.6 Å². The molecule has 0 atom stereocenters. The van der Waals surface area contributed by atoms with E-state index in [-0.39, 0.29) is 18.2 Å². The second-order valence-corrected chi connectivity index (χ2v) is 9.78. The molecule has 0 bridgehead atoms. The van der Waals surface area contributed by atoms with E-state index in [4.69, 9.17) is 21.4 Å². The Morgan fingerprint density at radius 2 is 1.88 bits per heavy atom. The molecule has 178 valence electrons. The van der Waals surface area contributed by atoms with Crippen molar-refractivity contribution in [1.29, 1.82) is 0 Å². The Hall–Kier alpha value is -2.31. The molecule has 0 aliphatic rings. The van der Waals surface area contributed by atoms with Gasteiger partial charge in [0.2, 0.25) is 0 Å². The van der Waals surface area contributed by atoms with Gasteiger partial charge in [0.05, 0.1) is 5.51 Å². The van der Waals surface area contributed by atoms with Crippen LogP contribution in [0.15, 0.2) is 46.1 Å². The van der Waals surface area contributed by atoms with Crippen LogP contribution in [0.2, 0.25) is 5.02 Å². The predicted molar refractivity (Wildman–Crippen MR) is 124 cm³/mol. The minimum Gasteiger partial charge on any atom is -0.454 e. The highest BCUT2D eigenvalue weighted by atomic mass is 35.5. The summed E-state index contributed by atoms with van der Waals surface area (Å²) in [7, 11) is -4.38. The van der Waals surface area contributed by atoms with Crippen LogP contribution in [0, 0.1) is 11.6 Å². The molecular formula is C21H22ClF2N3O4S2. The number of halogens is 3. The number of aliphatic hydroxyl groups is 1. The van der Waals surface area contributed by atoms with Crippen LogP contribution in [-0.4, -0.2) is 38.2 Å². The van der Waals surface area contributed by atoms with Gasteiger partial charge in [0.15, 0.2) is 17.4 Å². The number of ether oxygens (including phenoxy) is 1. The third-order valence-electron chi connectivity index (χ3n) is 4.50. The molecular weight excluding hydrogens is 496 g/mol. The summed E-state index contributed by atoms with van der Waals surface area (Å²) in [6, 6.07) is 6.04. The summed E-state index contributed by atoms with van der Waals surface area (Å²) in [5.41, 5.74) is 2.09. The Morgan fingerprint density at radius 1 is 1.09 bits per heavy atom. The Kier molecular flexibility index (Phi) is 8.98. The molecule has 0 saturated heterocycles. The van der Waals surface area contributed by atoms with Crippen LogP contribution in [0.1, 0.15) is 18.4 Å². The number of hydrogen-bond donors (Lipinski definition) is 3. The van der Waals surface area contributed by atoms with E-state index in [2.05, 4.69) is 15.0 Å². The fourth-order valence-corrected chi connectivity index (χ4v) is 4.77.